The maximum absolute atomic E-state index is 6.77. The zero-order valence-corrected chi connectivity index (χ0v) is 6.15. The predicted molar refractivity (Wildman–Crippen MR) is 44.1 cm³/mol. The van der Waals surface area contributed by atoms with E-state index in [9.17, 15) is 0 Å². The van der Waals surface area contributed by atoms with Crippen LogP contribution in [0.25, 0.3) is 0 Å². The summed E-state index contributed by atoms with van der Waals surface area (Å²) in [6.45, 7) is 0.991. The molecule has 0 rings (SSSR count). The molecule has 0 aromatic rings. The first-order valence-corrected chi connectivity index (χ1v) is 3.10. The summed E-state index contributed by atoms with van der Waals surface area (Å²) in [7, 11) is 0. The van der Waals surface area contributed by atoms with Crippen molar-refractivity contribution in [3.05, 3.63) is 6.42 Å². The fourth-order valence-corrected chi connectivity index (χ4v) is 0.436. The van der Waals surface area contributed by atoms with Gasteiger partial charge in [-0.05, 0) is 6.42 Å². The Hall–Kier alpha value is -1.46. The molecule has 1 radical (unpaired) electrons. The Bertz CT molecular complexity index is 126. The van der Waals surface area contributed by atoms with Crippen molar-refractivity contribution in [1.82, 2.24) is 10.6 Å². The maximum atomic E-state index is 6.77. The van der Waals surface area contributed by atoms with Gasteiger partial charge in [0, 0.05) is 13.1 Å². The van der Waals surface area contributed by atoms with Gasteiger partial charge >= 0.3 is 0 Å². The molecule has 0 saturated carbocycles. The second kappa shape index (κ2) is 5.33. The Labute approximate surface area is 65.3 Å². The Morgan fingerprint density at radius 2 is 1.45 bits per heavy atom. The number of hydrogen-bond acceptors (Lipinski definition) is 2. The van der Waals surface area contributed by atoms with Crippen molar-refractivity contribution in [1.29, 1.82) is 10.8 Å². The van der Waals surface area contributed by atoms with Crippen molar-refractivity contribution in [3.8, 4) is 0 Å². The lowest BCUT2D eigenvalue weighted by Crippen LogP contribution is -2.35. The van der Waals surface area contributed by atoms with Crippen LogP contribution in [0, 0.1) is 17.2 Å². The van der Waals surface area contributed by atoms with E-state index in [1.54, 1.807) is 6.42 Å². The third-order valence-corrected chi connectivity index (χ3v) is 0.874. The summed E-state index contributed by atoms with van der Waals surface area (Å²) in [6.07, 6.45) is 1.78. The summed E-state index contributed by atoms with van der Waals surface area (Å²) >= 11 is 0. The van der Waals surface area contributed by atoms with E-state index in [1.807, 2.05) is 0 Å². The minimum Gasteiger partial charge on any atom is -0.370 e. The number of nitrogens with one attached hydrogen (secondary N) is 4. The van der Waals surface area contributed by atoms with Gasteiger partial charge in [-0.1, -0.05) is 0 Å². The lowest BCUT2D eigenvalue weighted by Gasteiger charge is -2.03. The van der Waals surface area contributed by atoms with E-state index in [1.165, 1.54) is 0 Å². The van der Waals surface area contributed by atoms with Crippen LogP contribution < -0.4 is 22.1 Å². The molecule has 0 saturated heterocycles. The number of guanidine groups is 2. The second-order valence-corrected chi connectivity index (χ2v) is 1.88. The predicted octanol–water partition coefficient (Wildman–Crippen LogP) is -1.84. The largest absolute Gasteiger partial charge is 0.370 e. The molecule has 0 aromatic carbocycles. The van der Waals surface area contributed by atoms with E-state index >= 15 is 0 Å². The molecule has 0 heterocycles. The van der Waals surface area contributed by atoms with Crippen molar-refractivity contribution >= 4 is 11.9 Å². The van der Waals surface area contributed by atoms with Crippen LogP contribution in [-0.2, 0) is 0 Å². The summed E-state index contributed by atoms with van der Waals surface area (Å²) in [4.78, 5) is 0. The third kappa shape index (κ3) is 8.54. The average Bonchev–Trinajstić information content (AvgIpc) is 1.85. The van der Waals surface area contributed by atoms with E-state index in [2.05, 4.69) is 10.6 Å². The van der Waals surface area contributed by atoms with E-state index < -0.39 is 0 Å². The van der Waals surface area contributed by atoms with Gasteiger partial charge in [-0.25, -0.2) is 0 Å². The smallest absolute Gasteiger partial charge is 0.185 e. The topological polar surface area (TPSA) is 124 Å². The summed E-state index contributed by atoms with van der Waals surface area (Å²) < 4.78 is 0. The lowest BCUT2D eigenvalue weighted by molar-refractivity contribution is 0.868. The third-order valence-electron chi connectivity index (χ3n) is 0.874. The standard InChI is InChI=1S/C5H13N6/c6-4(7)10-2-1-3-11-5(8)9/h1H,2-3H2,(H4,6,7,10)(H4,8,9,11). The molecule has 0 aliphatic heterocycles. The molecular weight excluding hydrogens is 144 g/mol. The molecule has 0 amide bonds. The van der Waals surface area contributed by atoms with Gasteiger partial charge in [0.05, 0.1) is 0 Å². The highest BCUT2D eigenvalue weighted by Gasteiger charge is 1.89. The minimum absolute atomic E-state index is 0.0657. The Morgan fingerprint density at radius 1 is 1.09 bits per heavy atom. The molecule has 0 aliphatic carbocycles. The molecule has 11 heavy (non-hydrogen) atoms. The van der Waals surface area contributed by atoms with Gasteiger partial charge in [-0.15, -0.1) is 0 Å². The minimum atomic E-state index is -0.0657. The molecule has 8 N–H and O–H groups in total. The van der Waals surface area contributed by atoms with Crippen LogP contribution in [0.5, 0.6) is 0 Å². The molecule has 63 valence electrons. The zero-order chi connectivity index (χ0) is 8.69. The van der Waals surface area contributed by atoms with Crippen LogP contribution in [0.15, 0.2) is 0 Å². The zero-order valence-electron chi connectivity index (χ0n) is 6.15. The molecule has 6 nitrogen and oxygen atoms in total. The highest BCUT2D eigenvalue weighted by molar-refractivity contribution is 5.75. The number of rotatable bonds is 4. The Balaban J connectivity index is 3.03. The van der Waals surface area contributed by atoms with Crippen LogP contribution in [0.1, 0.15) is 0 Å². The highest BCUT2D eigenvalue weighted by Crippen LogP contribution is 1.68. The van der Waals surface area contributed by atoms with Crippen molar-refractivity contribution in [3.63, 3.8) is 0 Å². The molecule has 0 fully saturated rings. The molecule has 0 spiro atoms. The molecule has 0 bridgehead atoms. The van der Waals surface area contributed by atoms with Crippen molar-refractivity contribution in [2.45, 2.75) is 0 Å². The molecule has 6 heteroatoms. The Morgan fingerprint density at radius 3 is 1.73 bits per heavy atom. The lowest BCUT2D eigenvalue weighted by atomic mass is 10.4. The van der Waals surface area contributed by atoms with Gasteiger partial charge < -0.3 is 22.1 Å². The van der Waals surface area contributed by atoms with E-state index in [4.69, 9.17) is 22.3 Å². The first-order chi connectivity index (χ1) is 5.13. The fraction of sp³-hybridized carbons (Fsp3) is 0.400. The summed E-state index contributed by atoms with van der Waals surface area (Å²) in [5, 5.41) is 18.7. The second-order valence-electron chi connectivity index (χ2n) is 1.88. The van der Waals surface area contributed by atoms with Gasteiger partial charge in [-0.3, -0.25) is 10.8 Å². The molecular formula is C5H13N6. The van der Waals surface area contributed by atoms with Gasteiger partial charge in [0.15, 0.2) is 11.9 Å². The monoisotopic (exact) mass is 157 g/mol. The SMILES string of the molecule is N=C(N)NC[CH]CNC(=N)N. The van der Waals surface area contributed by atoms with E-state index in [0.717, 1.165) is 0 Å². The maximum Gasteiger partial charge on any atom is 0.185 e. The van der Waals surface area contributed by atoms with Crippen LogP contribution in [0.3, 0.4) is 0 Å². The van der Waals surface area contributed by atoms with Crippen molar-refractivity contribution in [2.75, 3.05) is 13.1 Å². The first-order valence-electron chi connectivity index (χ1n) is 3.10. The van der Waals surface area contributed by atoms with Gasteiger partial charge in [-0.2, -0.15) is 0 Å². The molecule has 0 aliphatic rings. The van der Waals surface area contributed by atoms with E-state index in [0.29, 0.717) is 13.1 Å². The van der Waals surface area contributed by atoms with Gasteiger partial charge in [0.1, 0.15) is 0 Å². The fourth-order valence-electron chi connectivity index (χ4n) is 0.436. The van der Waals surface area contributed by atoms with Gasteiger partial charge in [0.2, 0.25) is 0 Å². The summed E-state index contributed by atoms with van der Waals surface area (Å²) in [5.74, 6) is -0.131. The number of nitrogens with two attached hydrogens (primary N) is 2. The van der Waals surface area contributed by atoms with Crippen LogP contribution in [0.4, 0.5) is 0 Å². The van der Waals surface area contributed by atoms with Gasteiger partial charge in [0.25, 0.3) is 0 Å². The van der Waals surface area contributed by atoms with Crippen molar-refractivity contribution in [2.24, 2.45) is 11.5 Å². The van der Waals surface area contributed by atoms with Crippen molar-refractivity contribution < 1.29 is 0 Å². The summed E-state index contributed by atoms with van der Waals surface area (Å²) in [5.41, 5.74) is 10.00. The first kappa shape index (κ1) is 9.54. The number of hydrogen-bond donors (Lipinski definition) is 6. The average molecular weight is 157 g/mol. The van der Waals surface area contributed by atoms with Crippen LogP contribution >= 0.6 is 0 Å². The highest BCUT2D eigenvalue weighted by atomic mass is 15.1. The summed E-state index contributed by atoms with van der Waals surface area (Å²) in [6, 6.07) is 0. The quantitative estimate of drug-likeness (QED) is 0.163. The normalized spacial score (nSPS) is 8.73. The molecule has 0 aromatic heterocycles. The van der Waals surface area contributed by atoms with Crippen LogP contribution in [0.2, 0.25) is 0 Å². The Kier molecular flexibility index (Phi) is 4.63. The molecule has 0 atom stereocenters. The van der Waals surface area contributed by atoms with Crippen LogP contribution in [-0.4, -0.2) is 25.0 Å². The van der Waals surface area contributed by atoms with E-state index in [-0.39, 0.29) is 11.9 Å². The molecule has 0 unspecified atom stereocenters.